The molecule has 1 aromatic heterocycles. The molecule has 0 saturated carbocycles. The summed E-state index contributed by atoms with van der Waals surface area (Å²) in [6, 6.07) is 6.21. The lowest BCUT2D eigenvalue weighted by atomic mass is 9.77. The zero-order valence-corrected chi connectivity index (χ0v) is 6.59. The summed E-state index contributed by atoms with van der Waals surface area (Å²) in [5.41, 5.74) is 2.39. The molecule has 0 atom stereocenters. The SMILES string of the molecule is CBc1cccc(CC)n1. The van der Waals surface area contributed by atoms with Crippen LogP contribution >= 0.6 is 0 Å². The number of pyridine rings is 1. The van der Waals surface area contributed by atoms with Gasteiger partial charge < -0.3 is 0 Å². The van der Waals surface area contributed by atoms with Crippen molar-refractivity contribution in [2.45, 2.75) is 20.2 Å². The van der Waals surface area contributed by atoms with Gasteiger partial charge in [0.2, 0.25) is 0 Å². The largest absolute Gasteiger partial charge is 0.268 e. The van der Waals surface area contributed by atoms with E-state index in [-0.39, 0.29) is 0 Å². The Balaban J connectivity index is 2.87. The fourth-order valence-corrected chi connectivity index (χ4v) is 0.923. The van der Waals surface area contributed by atoms with E-state index >= 15 is 0 Å². The van der Waals surface area contributed by atoms with Crippen molar-refractivity contribution in [2.24, 2.45) is 0 Å². The first kappa shape index (κ1) is 7.32. The Morgan fingerprint density at radius 3 is 2.90 bits per heavy atom. The molecule has 0 spiro atoms. The first-order valence-electron chi connectivity index (χ1n) is 3.81. The average Bonchev–Trinajstić information content (AvgIpc) is 2.05. The summed E-state index contributed by atoms with van der Waals surface area (Å²) >= 11 is 0. The van der Waals surface area contributed by atoms with Gasteiger partial charge >= 0.3 is 0 Å². The molecule has 0 aliphatic rings. The van der Waals surface area contributed by atoms with Crippen molar-refractivity contribution in [3.63, 3.8) is 0 Å². The standard InChI is InChI=1S/C8H12BN/c1-3-7-5-4-6-8(9-2)10-7/h4-6,9H,3H2,1-2H3. The highest BCUT2D eigenvalue weighted by Gasteiger charge is 1.92. The lowest BCUT2D eigenvalue weighted by molar-refractivity contribution is 1.05. The molecule has 10 heavy (non-hydrogen) atoms. The minimum absolute atomic E-state index is 1.04. The van der Waals surface area contributed by atoms with Crippen LogP contribution < -0.4 is 5.59 Å². The van der Waals surface area contributed by atoms with Gasteiger partial charge in [-0.05, 0) is 18.1 Å². The molecule has 52 valence electrons. The molecule has 1 aromatic rings. The summed E-state index contributed by atoms with van der Waals surface area (Å²) in [6.07, 6.45) is 1.04. The molecule has 1 heterocycles. The van der Waals surface area contributed by atoms with E-state index in [0.29, 0.717) is 0 Å². The molecule has 2 heteroatoms. The third-order valence-corrected chi connectivity index (χ3v) is 1.59. The molecule has 0 saturated heterocycles. The van der Waals surface area contributed by atoms with Crippen molar-refractivity contribution in [1.29, 1.82) is 0 Å². The maximum absolute atomic E-state index is 4.41. The van der Waals surface area contributed by atoms with Gasteiger partial charge in [0.1, 0.15) is 0 Å². The number of rotatable bonds is 2. The third-order valence-electron chi connectivity index (χ3n) is 1.59. The summed E-state index contributed by atoms with van der Waals surface area (Å²) in [5, 5.41) is 0. The van der Waals surface area contributed by atoms with Crippen molar-refractivity contribution in [1.82, 2.24) is 4.98 Å². The summed E-state index contributed by atoms with van der Waals surface area (Å²) in [6.45, 7) is 4.25. The van der Waals surface area contributed by atoms with Crippen LogP contribution in [-0.2, 0) is 6.42 Å². The van der Waals surface area contributed by atoms with E-state index in [1.54, 1.807) is 0 Å². The quantitative estimate of drug-likeness (QED) is 0.542. The monoisotopic (exact) mass is 133 g/mol. The van der Waals surface area contributed by atoms with Gasteiger partial charge in [-0.3, -0.25) is 4.98 Å². The maximum atomic E-state index is 4.41. The van der Waals surface area contributed by atoms with Crippen LogP contribution in [0.25, 0.3) is 0 Å². The van der Waals surface area contributed by atoms with Crippen LogP contribution in [0.1, 0.15) is 12.6 Å². The van der Waals surface area contributed by atoms with Crippen molar-refractivity contribution >= 4 is 12.9 Å². The zero-order chi connectivity index (χ0) is 7.40. The summed E-state index contributed by atoms with van der Waals surface area (Å²) < 4.78 is 0. The fourth-order valence-electron chi connectivity index (χ4n) is 0.923. The highest BCUT2D eigenvalue weighted by Crippen LogP contribution is 1.90. The molecule has 0 aromatic carbocycles. The van der Waals surface area contributed by atoms with E-state index in [9.17, 15) is 0 Å². The third kappa shape index (κ3) is 1.60. The Kier molecular flexibility index (Phi) is 2.49. The second-order valence-corrected chi connectivity index (χ2v) is 2.33. The molecule has 0 aliphatic heterocycles. The first-order chi connectivity index (χ1) is 4.86. The van der Waals surface area contributed by atoms with Crippen LogP contribution in [0.2, 0.25) is 6.82 Å². The van der Waals surface area contributed by atoms with E-state index in [0.717, 1.165) is 13.7 Å². The van der Waals surface area contributed by atoms with Crippen LogP contribution in [0.15, 0.2) is 18.2 Å². The number of aromatic nitrogens is 1. The predicted octanol–water partition coefficient (Wildman–Crippen LogP) is 0.754. The van der Waals surface area contributed by atoms with E-state index in [1.807, 2.05) is 0 Å². The number of nitrogens with zero attached hydrogens (tertiary/aromatic N) is 1. The molecule has 0 unspecified atom stereocenters. The van der Waals surface area contributed by atoms with Crippen LogP contribution in [-0.4, -0.2) is 12.3 Å². The molecule has 0 fully saturated rings. The minimum Gasteiger partial charge on any atom is -0.268 e. The molecular formula is C8H12BN. The maximum Gasteiger partial charge on any atom is 0.179 e. The van der Waals surface area contributed by atoms with Crippen molar-refractivity contribution in [2.75, 3.05) is 0 Å². The Labute approximate surface area is 62.7 Å². The van der Waals surface area contributed by atoms with E-state index in [2.05, 4.69) is 36.9 Å². The average molecular weight is 133 g/mol. The van der Waals surface area contributed by atoms with Crippen LogP contribution in [0.5, 0.6) is 0 Å². The van der Waals surface area contributed by atoms with Gasteiger partial charge in [0.15, 0.2) is 7.28 Å². The van der Waals surface area contributed by atoms with Gasteiger partial charge in [0, 0.05) is 5.69 Å². The number of hydrogen-bond donors (Lipinski definition) is 0. The molecule has 1 rings (SSSR count). The predicted molar refractivity (Wildman–Crippen MR) is 46.3 cm³/mol. The normalized spacial score (nSPS) is 9.40. The first-order valence-corrected chi connectivity index (χ1v) is 3.81. The highest BCUT2D eigenvalue weighted by atomic mass is 14.7. The molecule has 0 bridgehead atoms. The Morgan fingerprint density at radius 2 is 2.30 bits per heavy atom. The van der Waals surface area contributed by atoms with E-state index in [1.165, 1.54) is 11.3 Å². The van der Waals surface area contributed by atoms with Gasteiger partial charge in [-0.1, -0.05) is 25.9 Å². The summed E-state index contributed by atoms with van der Waals surface area (Å²) in [7, 11) is 1.04. The van der Waals surface area contributed by atoms with Crippen molar-refractivity contribution in [3.05, 3.63) is 23.9 Å². The zero-order valence-electron chi connectivity index (χ0n) is 6.59. The van der Waals surface area contributed by atoms with Gasteiger partial charge in [0.05, 0.1) is 0 Å². The summed E-state index contributed by atoms with van der Waals surface area (Å²) in [4.78, 5) is 4.41. The Morgan fingerprint density at radius 1 is 1.50 bits per heavy atom. The molecular weight excluding hydrogens is 121 g/mol. The lowest BCUT2D eigenvalue weighted by Crippen LogP contribution is -2.15. The van der Waals surface area contributed by atoms with Gasteiger partial charge in [-0.25, -0.2) is 0 Å². The molecule has 0 amide bonds. The van der Waals surface area contributed by atoms with Crippen LogP contribution in [0.3, 0.4) is 0 Å². The van der Waals surface area contributed by atoms with Gasteiger partial charge in [-0.2, -0.15) is 0 Å². The number of hydrogen-bond acceptors (Lipinski definition) is 1. The van der Waals surface area contributed by atoms with Gasteiger partial charge in [0.25, 0.3) is 0 Å². The van der Waals surface area contributed by atoms with Crippen LogP contribution in [0.4, 0.5) is 0 Å². The fraction of sp³-hybridized carbons (Fsp3) is 0.375. The summed E-state index contributed by atoms with van der Waals surface area (Å²) in [5.74, 6) is 0. The Bertz CT molecular complexity index is 191. The second-order valence-electron chi connectivity index (χ2n) is 2.33. The Hall–Kier alpha value is -0.785. The topological polar surface area (TPSA) is 12.9 Å². The second kappa shape index (κ2) is 3.40. The van der Waals surface area contributed by atoms with E-state index in [4.69, 9.17) is 0 Å². The molecule has 0 N–H and O–H groups in total. The van der Waals surface area contributed by atoms with Gasteiger partial charge in [-0.15, -0.1) is 0 Å². The van der Waals surface area contributed by atoms with Crippen molar-refractivity contribution in [3.8, 4) is 0 Å². The molecule has 0 radical (unpaired) electrons. The van der Waals surface area contributed by atoms with E-state index < -0.39 is 0 Å². The number of aryl methyl sites for hydroxylation is 1. The smallest absolute Gasteiger partial charge is 0.179 e. The minimum atomic E-state index is 1.04. The van der Waals surface area contributed by atoms with Crippen molar-refractivity contribution < 1.29 is 0 Å². The molecule has 0 aliphatic carbocycles. The van der Waals surface area contributed by atoms with Crippen LogP contribution in [0, 0.1) is 0 Å². The molecule has 1 nitrogen and oxygen atoms in total. The highest BCUT2D eigenvalue weighted by molar-refractivity contribution is 6.50. The lowest BCUT2D eigenvalue weighted by Gasteiger charge is -1.97.